The summed E-state index contributed by atoms with van der Waals surface area (Å²) in [6, 6.07) is 15.3. The number of aromatic hydroxyl groups is 1. The molecule has 2 rings (SSSR count). The Morgan fingerprint density at radius 2 is 1.38 bits per heavy atom. The zero-order valence-corrected chi connectivity index (χ0v) is 11.1. The molecule has 2 aromatic carbocycles. The molecular formula is C13H11NaO2. The van der Waals surface area contributed by atoms with Gasteiger partial charge in [-0.25, -0.2) is 0 Å². The zero-order valence-electron chi connectivity index (χ0n) is 10.1. The molecular weight excluding hydrogens is 211 g/mol. The van der Waals surface area contributed by atoms with Gasteiger partial charge in [0.1, 0.15) is 5.75 Å². The van der Waals surface area contributed by atoms with E-state index in [9.17, 15) is 4.79 Å². The fourth-order valence-corrected chi connectivity index (χ4v) is 1.37. The van der Waals surface area contributed by atoms with Crippen LogP contribution in [0.5, 0.6) is 5.75 Å². The van der Waals surface area contributed by atoms with Gasteiger partial charge in [-0.05, 0) is 24.3 Å². The Morgan fingerprint density at radius 1 is 0.875 bits per heavy atom. The standard InChI is InChI=1S/C13H10O2.Na.H/c14-12-8-6-11(7-9-12)13(15)10-4-2-1-3-5-10;;/h1-9,14H;;/q;+1;-1. The molecule has 0 spiro atoms. The molecule has 16 heavy (non-hydrogen) atoms. The number of carbonyl (C=O) groups excluding carboxylic acids is 1. The van der Waals surface area contributed by atoms with E-state index in [-0.39, 0.29) is 42.5 Å². The number of carbonyl (C=O) groups is 1. The number of phenolic OH excluding ortho intramolecular Hbond substituents is 1. The van der Waals surface area contributed by atoms with Crippen molar-refractivity contribution in [3.8, 4) is 5.75 Å². The van der Waals surface area contributed by atoms with Crippen LogP contribution < -0.4 is 29.6 Å². The molecule has 3 heteroatoms. The summed E-state index contributed by atoms with van der Waals surface area (Å²) in [7, 11) is 0. The molecule has 2 nitrogen and oxygen atoms in total. The second-order valence-corrected chi connectivity index (χ2v) is 3.24. The number of hydrogen-bond donors (Lipinski definition) is 1. The summed E-state index contributed by atoms with van der Waals surface area (Å²) in [6.07, 6.45) is 0. The Balaban J connectivity index is 0.00000128. The minimum atomic E-state index is -0.0319. The quantitative estimate of drug-likeness (QED) is 0.561. The maximum absolute atomic E-state index is 11.9. The topological polar surface area (TPSA) is 37.3 Å². The summed E-state index contributed by atoms with van der Waals surface area (Å²) in [5.41, 5.74) is 1.24. The summed E-state index contributed by atoms with van der Waals surface area (Å²) < 4.78 is 0. The zero-order chi connectivity index (χ0) is 10.7. The van der Waals surface area contributed by atoms with Gasteiger partial charge in [-0.1, -0.05) is 30.3 Å². The van der Waals surface area contributed by atoms with E-state index in [0.29, 0.717) is 11.1 Å². The Labute approximate surface area is 118 Å². The summed E-state index contributed by atoms with van der Waals surface area (Å²) in [6.45, 7) is 0. The third-order valence-corrected chi connectivity index (χ3v) is 2.17. The van der Waals surface area contributed by atoms with Gasteiger partial charge in [0.25, 0.3) is 0 Å². The van der Waals surface area contributed by atoms with Gasteiger partial charge in [0.05, 0.1) is 0 Å². The number of hydrogen-bond acceptors (Lipinski definition) is 2. The first-order valence-corrected chi connectivity index (χ1v) is 4.66. The summed E-state index contributed by atoms with van der Waals surface area (Å²) in [5.74, 6) is 0.134. The molecule has 0 amide bonds. The molecule has 76 valence electrons. The predicted molar refractivity (Wildman–Crippen MR) is 59.1 cm³/mol. The van der Waals surface area contributed by atoms with Crippen LogP contribution in [0.3, 0.4) is 0 Å². The van der Waals surface area contributed by atoms with Gasteiger partial charge in [0, 0.05) is 11.1 Å². The SMILES string of the molecule is O=C(c1ccccc1)c1ccc(O)cc1.[H-].[Na+]. The van der Waals surface area contributed by atoms with Crippen molar-refractivity contribution < 1.29 is 40.9 Å². The first-order valence-electron chi connectivity index (χ1n) is 4.66. The maximum Gasteiger partial charge on any atom is 1.00 e. The smallest absolute Gasteiger partial charge is 1.00 e. The van der Waals surface area contributed by atoms with Crippen molar-refractivity contribution in [1.82, 2.24) is 0 Å². The fraction of sp³-hybridized carbons (Fsp3) is 0. The van der Waals surface area contributed by atoms with Crippen LogP contribution in [0.4, 0.5) is 0 Å². The van der Waals surface area contributed by atoms with Crippen LogP contribution in [-0.2, 0) is 0 Å². The van der Waals surface area contributed by atoms with Gasteiger partial charge in [-0.3, -0.25) is 4.79 Å². The van der Waals surface area contributed by atoms with Crippen LogP contribution in [0.25, 0.3) is 0 Å². The van der Waals surface area contributed by atoms with E-state index in [1.165, 1.54) is 12.1 Å². The molecule has 0 radical (unpaired) electrons. The minimum absolute atomic E-state index is 0. The third-order valence-electron chi connectivity index (χ3n) is 2.17. The molecule has 0 saturated carbocycles. The molecule has 0 fully saturated rings. The molecule has 0 aliphatic rings. The van der Waals surface area contributed by atoms with Crippen LogP contribution in [0, 0.1) is 0 Å². The van der Waals surface area contributed by atoms with Crippen LogP contribution in [0.15, 0.2) is 54.6 Å². The normalized spacial score (nSPS) is 9.25. The summed E-state index contributed by atoms with van der Waals surface area (Å²) >= 11 is 0. The van der Waals surface area contributed by atoms with E-state index in [2.05, 4.69) is 0 Å². The molecule has 0 aliphatic carbocycles. The van der Waals surface area contributed by atoms with Crippen LogP contribution in [0.1, 0.15) is 17.3 Å². The first kappa shape index (κ1) is 13.0. The average molecular weight is 222 g/mol. The third kappa shape index (κ3) is 2.95. The maximum atomic E-state index is 11.9. The summed E-state index contributed by atoms with van der Waals surface area (Å²) in [5, 5.41) is 9.10. The molecule has 0 aromatic heterocycles. The van der Waals surface area contributed by atoms with E-state index in [4.69, 9.17) is 5.11 Å². The van der Waals surface area contributed by atoms with Gasteiger partial charge < -0.3 is 6.53 Å². The van der Waals surface area contributed by atoms with Crippen molar-refractivity contribution in [3.05, 3.63) is 65.7 Å². The largest absolute Gasteiger partial charge is 1.00 e. The van der Waals surface area contributed by atoms with Gasteiger partial charge in [-0.2, -0.15) is 0 Å². The molecule has 0 atom stereocenters. The second kappa shape index (κ2) is 5.85. The van der Waals surface area contributed by atoms with Gasteiger partial charge in [-0.15, -0.1) is 0 Å². The van der Waals surface area contributed by atoms with E-state index >= 15 is 0 Å². The Hall–Kier alpha value is -1.09. The van der Waals surface area contributed by atoms with E-state index < -0.39 is 0 Å². The average Bonchev–Trinajstić information content (AvgIpc) is 2.30. The van der Waals surface area contributed by atoms with Gasteiger partial charge in [0.15, 0.2) is 5.78 Å². The minimum Gasteiger partial charge on any atom is -1.00 e. The van der Waals surface area contributed by atoms with Crippen LogP contribution >= 0.6 is 0 Å². The predicted octanol–water partition coefficient (Wildman–Crippen LogP) is -0.260. The van der Waals surface area contributed by atoms with E-state index in [0.717, 1.165) is 0 Å². The van der Waals surface area contributed by atoms with Gasteiger partial charge >= 0.3 is 29.6 Å². The fourth-order valence-electron chi connectivity index (χ4n) is 1.37. The number of phenols is 1. The van der Waals surface area contributed by atoms with E-state index in [1.54, 1.807) is 24.3 Å². The van der Waals surface area contributed by atoms with E-state index in [1.807, 2.05) is 18.2 Å². The van der Waals surface area contributed by atoms with Crippen LogP contribution in [-0.4, -0.2) is 10.9 Å². The molecule has 0 unspecified atom stereocenters. The van der Waals surface area contributed by atoms with Crippen molar-refractivity contribution in [3.63, 3.8) is 0 Å². The molecule has 1 N–H and O–H groups in total. The number of ketones is 1. The molecule has 0 bridgehead atoms. The molecule has 0 heterocycles. The van der Waals surface area contributed by atoms with Crippen LogP contribution in [0.2, 0.25) is 0 Å². The van der Waals surface area contributed by atoms with Crippen molar-refractivity contribution in [2.24, 2.45) is 0 Å². The van der Waals surface area contributed by atoms with Crippen molar-refractivity contribution >= 4 is 5.78 Å². The monoisotopic (exact) mass is 222 g/mol. The Bertz CT molecular complexity index is 469. The molecule has 0 saturated heterocycles. The first-order chi connectivity index (χ1) is 7.27. The van der Waals surface area contributed by atoms with Crippen molar-refractivity contribution in [2.75, 3.05) is 0 Å². The van der Waals surface area contributed by atoms with Gasteiger partial charge in [0.2, 0.25) is 0 Å². The molecule has 2 aromatic rings. The summed E-state index contributed by atoms with van der Waals surface area (Å²) in [4.78, 5) is 11.9. The Kier molecular flexibility index (Phi) is 4.74. The molecule has 0 aliphatic heterocycles. The number of rotatable bonds is 2. The van der Waals surface area contributed by atoms with Crippen molar-refractivity contribution in [1.29, 1.82) is 0 Å². The second-order valence-electron chi connectivity index (χ2n) is 3.24. The number of benzene rings is 2. The Morgan fingerprint density at radius 3 is 1.94 bits per heavy atom. The van der Waals surface area contributed by atoms with Crippen molar-refractivity contribution in [2.45, 2.75) is 0 Å².